The van der Waals surface area contributed by atoms with Gasteiger partial charge in [0.25, 0.3) is 0 Å². The zero-order chi connectivity index (χ0) is 15.5. The number of aliphatic imine (C=N–C) groups is 1. The molecule has 0 saturated carbocycles. The van der Waals surface area contributed by atoms with Crippen molar-refractivity contribution in [1.29, 1.82) is 0 Å². The molecule has 3 heteroatoms. The second kappa shape index (κ2) is 9.81. The molecule has 21 heavy (non-hydrogen) atoms. The van der Waals surface area contributed by atoms with Gasteiger partial charge in [0.2, 0.25) is 0 Å². The Labute approximate surface area is 128 Å². The van der Waals surface area contributed by atoms with Gasteiger partial charge in [0, 0.05) is 13.0 Å². The second-order valence-electron chi connectivity index (χ2n) is 4.99. The minimum Gasteiger partial charge on any atom is -0.300 e. The first kappa shape index (κ1) is 17.0. The summed E-state index contributed by atoms with van der Waals surface area (Å²) in [6.45, 7) is 13.0. The maximum Gasteiger partial charge on any atom is 0.115 e. The van der Waals surface area contributed by atoms with E-state index in [9.17, 15) is 0 Å². The normalized spacial score (nSPS) is 11.0. The second-order valence-corrected chi connectivity index (χ2v) is 4.99. The number of hydrazine groups is 1. The highest BCUT2D eigenvalue weighted by atomic mass is 15.4. The van der Waals surface area contributed by atoms with E-state index in [1.807, 2.05) is 30.3 Å². The van der Waals surface area contributed by atoms with Gasteiger partial charge in [0.15, 0.2) is 0 Å². The Balaban J connectivity index is 2.55. The van der Waals surface area contributed by atoms with Gasteiger partial charge < -0.3 is 0 Å². The van der Waals surface area contributed by atoms with Crippen molar-refractivity contribution in [3.8, 4) is 0 Å². The van der Waals surface area contributed by atoms with Gasteiger partial charge in [0.1, 0.15) is 5.84 Å². The summed E-state index contributed by atoms with van der Waals surface area (Å²) in [6, 6.07) is 8.11. The van der Waals surface area contributed by atoms with Crippen LogP contribution in [0.3, 0.4) is 0 Å². The lowest BCUT2D eigenvalue weighted by atomic mass is 10.1. The summed E-state index contributed by atoms with van der Waals surface area (Å²) in [7, 11) is 0. The Hall–Kier alpha value is -2.03. The lowest BCUT2D eigenvalue weighted by Crippen LogP contribution is -2.36. The van der Waals surface area contributed by atoms with Gasteiger partial charge in [-0.2, -0.15) is 0 Å². The molecule has 0 spiro atoms. The number of nitrogens with one attached hydrogen (secondary N) is 2. The highest BCUT2D eigenvalue weighted by Gasteiger charge is 2.00. The van der Waals surface area contributed by atoms with Crippen LogP contribution < -0.4 is 10.9 Å². The fourth-order valence-corrected chi connectivity index (χ4v) is 1.83. The first-order chi connectivity index (χ1) is 10.2. The van der Waals surface area contributed by atoms with Crippen LogP contribution in [-0.4, -0.2) is 12.4 Å². The van der Waals surface area contributed by atoms with Crippen molar-refractivity contribution in [2.45, 2.75) is 39.5 Å². The molecule has 0 heterocycles. The molecule has 3 nitrogen and oxygen atoms in total. The third kappa shape index (κ3) is 6.30. The van der Waals surface area contributed by atoms with Crippen molar-refractivity contribution in [3.63, 3.8) is 0 Å². The van der Waals surface area contributed by atoms with Crippen LogP contribution in [0.2, 0.25) is 0 Å². The molecule has 0 aromatic heterocycles. The number of hydrogen-bond acceptors (Lipinski definition) is 2. The van der Waals surface area contributed by atoms with Gasteiger partial charge in [-0.3, -0.25) is 15.8 Å². The van der Waals surface area contributed by atoms with Crippen LogP contribution in [0.5, 0.6) is 0 Å². The molecule has 0 radical (unpaired) electrons. The van der Waals surface area contributed by atoms with E-state index in [1.54, 1.807) is 0 Å². The molecule has 0 aliphatic carbocycles. The summed E-state index contributed by atoms with van der Waals surface area (Å²) in [6.07, 6.45) is 6.13. The molecule has 0 aliphatic rings. The molecule has 0 unspecified atom stereocenters. The molecule has 0 aliphatic heterocycles. The minimum atomic E-state index is 0.838. The largest absolute Gasteiger partial charge is 0.300 e. The number of benzene rings is 1. The van der Waals surface area contributed by atoms with Crippen molar-refractivity contribution in [2.75, 3.05) is 6.54 Å². The van der Waals surface area contributed by atoms with Crippen LogP contribution in [-0.2, 0) is 0 Å². The summed E-state index contributed by atoms with van der Waals surface area (Å²) in [5.41, 5.74) is 9.33. The number of amidine groups is 1. The van der Waals surface area contributed by atoms with Crippen LogP contribution >= 0.6 is 0 Å². The maximum atomic E-state index is 4.58. The Morgan fingerprint density at radius 3 is 2.43 bits per heavy atom. The molecule has 1 aromatic rings. The minimum absolute atomic E-state index is 0.838. The Kier molecular flexibility index (Phi) is 7.95. The Bertz CT molecular complexity index is 472. The average molecular weight is 285 g/mol. The number of nitrogens with zero attached hydrogens (tertiary/aromatic N) is 1. The Morgan fingerprint density at radius 2 is 1.86 bits per heavy atom. The molecule has 0 bridgehead atoms. The van der Waals surface area contributed by atoms with Crippen LogP contribution in [0.15, 0.2) is 42.4 Å². The van der Waals surface area contributed by atoms with E-state index < -0.39 is 0 Å². The quantitative estimate of drug-likeness (QED) is 0.305. The van der Waals surface area contributed by atoms with E-state index in [4.69, 9.17) is 0 Å². The van der Waals surface area contributed by atoms with E-state index in [0.29, 0.717) is 0 Å². The molecule has 1 rings (SSSR count). The molecule has 0 fully saturated rings. The molecule has 2 N–H and O–H groups in total. The lowest BCUT2D eigenvalue weighted by molar-refractivity contribution is 0.763. The number of unbranched alkanes of at least 4 members (excludes halogenated alkanes) is 1. The van der Waals surface area contributed by atoms with Crippen molar-refractivity contribution < 1.29 is 0 Å². The maximum absolute atomic E-state index is 4.58. The summed E-state index contributed by atoms with van der Waals surface area (Å²) >= 11 is 0. The predicted octanol–water partition coefficient (Wildman–Crippen LogP) is 4.39. The van der Waals surface area contributed by atoms with E-state index in [-0.39, 0.29) is 0 Å². The fraction of sp³-hybridized carbons (Fsp3) is 0.389. The smallest absolute Gasteiger partial charge is 0.115 e. The zero-order valence-electron chi connectivity index (χ0n) is 13.3. The van der Waals surface area contributed by atoms with Crippen molar-refractivity contribution in [2.24, 2.45) is 4.99 Å². The average Bonchev–Trinajstić information content (AvgIpc) is 2.52. The monoisotopic (exact) mass is 285 g/mol. The molecule has 0 amide bonds. The van der Waals surface area contributed by atoms with Crippen LogP contribution in [0.25, 0.3) is 11.8 Å². The van der Waals surface area contributed by atoms with Crippen LogP contribution in [0, 0.1) is 0 Å². The molecule has 114 valence electrons. The zero-order valence-corrected chi connectivity index (χ0v) is 13.3. The molecule has 0 atom stereocenters. The van der Waals surface area contributed by atoms with Crippen molar-refractivity contribution >= 4 is 17.6 Å². The number of rotatable bonds is 9. The predicted molar refractivity (Wildman–Crippen MR) is 94.0 cm³/mol. The standard InChI is InChI=1S/C18H27N3/c1-5-8-14-19-18(9-6-2)21-20-15(4)17-12-10-16(7-3)11-13-17/h7,10-13,20H,3-6,8-9,14H2,1-2H3,(H,19,21). The fourth-order valence-electron chi connectivity index (χ4n) is 1.83. The summed E-state index contributed by atoms with van der Waals surface area (Å²) in [4.78, 5) is 4.58. The van der Waals surface area contributed by atoms with Gasteiger partial charge in [-0.15, -0.1) is 0 Å². The molecule has 1 aromatic carbocycles. The molecular formula is C18H27N3. The van der Waals surface area contributed by atoms with Gasteiger partial charge in [0.05, 0.1) is 5.70 Å². The SMILES string of the molecule is C=Cc1ccc(C(=C)NNC(CCC)=NCCCC)cc1. The van der Waals surface area contributed by atoms with E-state index in [2.05, 4.69) is 42.8 Å². The van der Waals surface area contributed by atoms with Gasteiger partial charge in [-0.25, -0.2) is 0 Å². The topological polar surface area (TPSA) is 36.4 Å². The van der Waals surface area contributed by atoms with Crippen molar-refractivity contribution in [3.05, 3.63) is 48.6 Å². The summed E-state index contributed by atoms with van der Waals surface area (Å²) in [5, 5.41) is 0. The first-order valence-electron chi connectivity index (χ1n) is 7.68. The van der Waals surface area contributed by atoms with Crippen molar-refractivity contribution in [1.82, 2.24) is 10.9 Å². The lowest BCUT2D eigenvalue weighted by Gasteiger charge is -2.14. The van der Waals surface area contributed by atoms with Gasteiger partial charge in [-0.1, -0.05) is 63.8 Å². The van der Waals surface area contributed by atoms with Crippen LogP contribution in [0.1, 0.15) is 50.7 Å². The summed E-state index contributed by atoms with van der Waals surface area (Å²) in [5.74, 6) is 0.995. The van der Waals surface area contributed by atoms with Crippen LogP contribution in [0.4, 0.5) is 0 Å². The number of hydrogen-bond donors (Lipinski definition) is 2. The summed E-state index contributed by atoms with van der Waals surface area (Å²) < 4.78 is 0. The van der Waals surface area contributed by atoms with Gasteiger partial charge >= 0.3 is 0 Å². The Morgan fingerprint density at radius 1 is 1.14 bits per heavy atom. The third-order valence-electron chi connectivity index (χ3n) is 3.15. The van der Waals surface area contributed by atoms with Gasteiger partial charge in [-0.05, 0) is 24.0 Å². The highest BCUT2D eigenvalue weighted by Crippen LogP contribution is 2.11. The van der Waals surface area contributed by atoms with E-state index in [1.165, 1.54) is 6.42 Å². The third-order valence-corrected chi connectivity index (χ3v) is 3.15. The van der Waals surface area contributed by atoms with E-state index >= 15 is 0 Å². The highest BCUT2D eigenvalue weighted by molar-refractivity contribution is 5.82. The molecular weight excluding hydrogens is 258 g/mol. The first-order valence-corrected chi connectivity index (χ1v) is 7.68. The van der Waals surface area contributed by atoms with E-state index in [0.717, 1.165) is 48.5 Å². The molecule has 0 saturated heterocycles.